The molecular weight excluding hydrogens is 372 g/mol. The highest BCUT2D eigenvalue weighted by Gasteiger charge is 2.20. The smallest absolute Gasteiger partial charge is 0.252 e. The zero-order valence-corrected chi connectivity index (χ0v) is 17.1. The van der Waals surface area contributed by atoms with Crippen molar-refractivity contribution in [2.45, 2.75) is 33.4 Å². The van der Waals surface area contributed by atoms with Crippen LogP contribution in [0, 0.1) is 0 Å². The maximum absolute atomic E-state index is 12.2. The molecule has 136 valence electrons. The summed E-state index contributed by atoms with van der Waals surface area (Å²) in [5.74, 6) is 0.856. The molecule has 1 aromatic heterocycles. The number of para-hydroxylation sites is 1. The van der Waals surface area contributed by atoms with Gasteiger partial charge in [-0.3, -0.25) is 0 Å². The first-order chi connectivity index (χ1) is 12.0. The first-order valence-electron chi connectivity index (χ1n) is 8.46. The fraction of sp³-hybridized carbons (Fsp3) is 0.444. The lowest BCUT2D eigenvalue weighted by Crippen LogP contribution is -2.30. The average molecular weight is 397 g/mol. The number of thioether (sulfide) groups is 1. The van der Waals surface area contributed by atoms with E-state index in [1.165, 1.54) is 46.2 Å². The van der Waals surface area contributed by atoms with Crippen molar-refractivity contribution < 1.29 is 8.42 Å². The Morgan fingerprint density at radius 3 is 2.52 bits per heavy atom. The second kappa shape index (κ2) is 8.12. The zero-order valence-electron chi connectivity index (χ0n) is 14.6. The predicted molar refractivity (Wildman–Crippen MR) is 107 cm³/mol. The third-order valence-electron chi connectivity index (χ3n) is 4.35. The van der Waals surface area contributed by atoms with E-state index in [1.54, 1.807) is 31.9 Å². The fourth-order valence-corrected chi connectivity index (χ4v) is 6.68. The minimum atomic E-state index is -3.33. The minimum absolute atomic E-state index is 0.407. The third kappa shape index (κ3) is 4.39. The van der Waals surface area contributed by atoms with Gasteiger partial charge in [0.25, 0.3) is 10.0 Å². The molecule has 1 fully saturated rings. The molecule has 0 atom stereocenters. The summed E-state index contributed by atoms with van der Waals surface area (Å²) in [4.78, 5) is 2.48. The van der Waals surface area contributed by atoms with E-state index in [0.29, 0.717) is 4.21 Å². The van der Waals surface area contributed by atoms with Gasteiger partial charge in [-0.2, -0.15) is 0 Å². The van der Waals surface area contributed by atoms with Crippen molar-refractivity contribution in [2.24, 2.45) is 0 Å². The molecule has 2 aromatic rings. The molecule has 0 N–H and O–H groups in total. The van der Waals surface area contributed by atoms with Gasteiger partial charge >= 0.3 is 0 Å². The van der Waals surface area contributed by atoms with Crippen LogP contribution < -0.4 is 4.90 Å². The van der Waals surface area contributed by atoms with E-state index in [2.05, 4.69) is 29.2 Å². The molecule has 1 saturated heterocycles. The fourth-order valence-electron chi connectivity index (χ4n) is 2.92. The normalized spacial score (nSPS) is 15.7. The highest BCUT2D eigenvalue weighted by molar-refractivity contribution is 8.00. The Morgan fingerprint density at radius 2 is 1.80 bits per heavy atom. The van der Waals surface area contributed by atoms with Crippen LogP contribution in [0.1, 0.15) is 24.8 Å². The SMILES string of the molecule is CN(C)S(=O)(=O)c1ccc(SCc2ccccc2N2CCCCC2)s1. The molecule has 1 aromatic carbocycles. The molecule has 4 nitrogen and oxygen atoms in total. The summed E-state index contributed by atoms with van der Waals surface area (Å²) in [5, 5.41) is 0. The van der Waals surface area contributed by atoms with E-state index in [9.17, 15) is 8.42 Å². The molecular formula is C18H24N2O2S3. The van der Waals surface area contributed by atoms with Gasteiger partial charge in [-0.1, -0.05) is 18.2 Å². The zero-order chi connectivity index (χ0) is 17.9. The maximum atomic E-state index is 12.2. The van der Waals surface area contributed by atoms with Crippen LogP contribution in [0.3, 0.4) is 0 Å². The monoisotopic (exact) mass is 396 g/mol. The molecule has 3 rings (SSSR count). The molecule has 0 aliphatic carbocycles. The second-order valence-electron chi connectivity index (χ2n) is 6.33. The number of rotatable bonds is 6. The van der Waals surface area contributed by atoms with Gasteiger partial charge in [0.05, 0.1) is 4.21 Å². The van der Waals surface area contributed by atoms with E-state index < -0.39 is 10.0 Å². The maximum Gasteiger partial charge on any atom is 0.252 e. The molecule has 0 radical (unpaired) electrons. The summed E-state index contributed by atoms with van der Waals surface area (Å²) >= 11 is 3.06. The molecule has 0 saturated carbocycles. The summed E-state index contributed by atoms with van der Waals surface area (Å²) in [6, 6.07) is 12.2. The number of sulfonamides is 1. The lowest BCUT2D eigenvalue weighted by atomic mass is 10.1. The Balaban J connectivity index is 1.71. The molecule has 0 spiro atoms. The van der Waals surface area contributed by atoms with E-state index in [0.717, 1.165) is 23.1 Å². The molecule has 0 unspecified atom stereocenters. The van der Waals surface area contributed by atoms with Gasteiger partial charge < -0.3 is 4.90 Å². The Bertz CT molecular complexity index is 809. The first kappa shape index (κ1) is 18.8. The van der Waals surface area contributed by atoms with Crippen LogP contribution in [0.15, 0.2) is 44.8 Å². The van der Waals surface area contributed by atoms with Gasteiger partial charge in [0, 0.05) is 38.6 Å². The number of benzene rings is 1. The summed E-state index contributed by atoms with van der Waals surface area (Å²) in [7, 11) is -0.202. The molecule has 1 aliphatic heterocycles. The van der Waals surface area contributed by atoms with E-state index in [-0.39, 0.29) is 0 Å². The first-order valence-corrected chi connectivity index (χ1v) is 11.7. The Kier molecular flexibility index (Phi) is 6.09. The van der Waals surface area contributed by atoms with Crippen LogP contribution in [-0.2, 0) is 15.8 Å². The number of hydrogen-bond acceptors (Lipinski definition) is 5. The van der Waals surface area contributed by atoms with Crippen molar-refractivity contribution in [3.8, 4) is 0 Å². The predicted octanol–water partition coefficient (Wildman–Crippen LogP) is 4.28. The average Bonchev–Trinajstić information content (AvgIpc) is 3.10. The molecule has 2 heterocycles. The van der Waals surface area contributed by atoms with Crippen LogP contribution in [-0.4, -0.2) is 39.9 Å². The molecule has 7 heteroatoms. The van der Waals surface area contributed by atoms with Crippen molar-refractivity contribution in [3.05, 3.63) is 42.0 Å². The lowest BCUT2D eigenvalue weighted by molar-refractivity contribution is 0.523. The number of hydrogen-bond donors (Lipinski definition) is 0. The summed E-state index contributed by atoms with van der Waals surface area (Å²) in [6.07, 6.45) is 3.85. The quantitative estimate of drug-likeness (QED) is 0.683. The molecule has 25 heavy (non-hydrogen) atoms. The van der Waals surface area contributed by atoms with Crippen molar-refractivity contribution in [1.82, 2.24) is 4.31 Å². The second-order valence-corrected chi connectivity index (χ2v) is 11.1. The van der Waals surface area contributed by atoms with Gasteiger partial charge in [0.2, 0.25) is 0 Å². The van der Waals surface area contributed by atoms with Crippen LogP contribution in [0.4, 0.5) is 5.69 Å². The molecule has 0 amide bonds. The summed E-state index contributed by atoms with van der Waals surface area (Å²) in [5.41, 5.74) is 2.65. The lowest BCUT2D eigenvalue weighted by Gasteiger charge is -2.30. The summed E-state index contributed by atoms with van der Waals surface area (Å²) < 4.78 is 27.1. The van der Waals surface area contributed by atoms with E-state index >= 15 is 0 Å². The van der Waals surface area contributed by atoms with Gasteiger partial charge in [-0.25, -0.2) is 12.7 Å². The van der Waals surface area contributed by atoms with E-state index in [4.69, 9.17) is 0 Å². The molecule has 1 aliphatic rings. The third-order valence-corrected chi connectivity index (χ3v) is 8.99. The number of piperidine rings is 1. The summed E-state index contributed by atoms with van der Waals surface area (Å²) in [6.45, 7) is 2.26. The van der Waals surface area contributed by atoms with Crippen molar-refractivity contribution in [1.29, 1.82) is 0 Å². The Labute approximate surface area is 158 Å². The Hall–Kier alpha value is -1.02. The Morgan fingerprint density at radius 1 is 1.08 bits per heavy atom. The number of thiophene rings is 1. The largest absolute Gasteiger partial charge is 0.371 e. The van der Waals surface area contributed by atoms with Crippen LogP contribution in [0.5, 0.6) is 0 Å². The number of nitrogens with zero attached hydrogens (tertiary/aromatic N) is 2. The van der Waals surface area contributed by atoms with Crippen molar-refractivity contribution >= 4 is 38.8 Å². The molecule has 0 bridgehead atoms. The topological polar surface area (TPSA) is 40.6 Å². The minimum Gasteiger partial charge on any atom is -0.371 e. The highest BCUT2D eigenvalue weighted by Crippen LogP contribution is 2.35. The van der Waals surface area contributed by atoms with Gasteiger partial charge in [0.1, 0.15) is 4.21 Å². The van der Waals surface area contributed by atoms with Crippen LogP contribution in [0.25, 0.3) is 0 Å². The van der Waals surface area contributed by atoms with E-state index in [1.807, 2.05) is 6.07 Å². The van der Waals surface area contributed by atoms with Crippen molar-refractivity contribution in [3.63, 3.8) is 0 Å². The van der Waals surface area contributed by atoms with Crippen LogP contribution in [0.2, 0.25) is 0 Å². The number of anilines is 1. The van der Waals surface area contributed by atoms with Gasteiger partial charge in [-0.05, 0) is 43.0 Å². The highest BCUT2D eigenvalue weighted by atomic mass is 32.3. The van der Waals surface area contributed by atoms with Crippen molar-refractivity contribution in [2.75, 3.05) is 32.1 Å². The van der Waals surface area contributed by atoms with Gasteiger partial charge in [-0.15, -0.1) is 23.1 Å². The van der Waals surface area contributed by atoms with Crippen LogP contribution >= 0.6 is 23.1 Å². The standard InChI is InChI=1S/C18H24N2O2S3/c1-19(2)25(21,22)18-11-10-17(24-18)23-14-15-8-4-5-9-16(15)20-12-6-3-7-13-20/h4-5,8-11H,3,6-7,12-14H2,1-2H3. The van der Waals surface area contributed by atoms with Gasteiger partial charge in [0.15, 0.2) is 0 Å².